The van der Waals surface area contributed by atoms with E-state index in [4.69, 9.17) is 16.3 Å². The van der Waals surface area contributed by atoms with Gasteiger partial charge < -0.3 is 19.5 Å². The van der Waals surface area contributed by atoms with Gasteiger partial charge in [-0.15, -0.1) is 0 Å². The van der Waals surface area contributed by atoms with Gasteiger partial charge in [-0.3, -0.25) is 4.79 Å². The first-order valence-electron chi connectivity index (χ1n) is 8.09. The van der Waals surface area contributed by atoms with E-state index in [1.54, 1.807) is 18.2 Å². The predicted octanol–water partition coefficient (Wildman–Crippen LogP) is 4.06. The van der Waals surface area contributed by atoms with Gasteiger partial charge in [-0.2, -0.15) is 0 Å². The average Bonchev–Trinajstić information content (AvgIpc) is 2.65. The lowest BCUT2D eigenvalue weighted by Gasteiger charge is -2.18. The third kappa shape index (κ3) is 3.67. The Kier molecular flexibility index (Phi) is 5.21. The van der Waals surface area contributed by atoms with Crippen molar-refractivity contribution in [2.45, 2.75) is 13.0 Å². The summed E-state index contributed by atoms with van der Waals surface area (Å²) in [5.41, 5.74) is 0.850. The number of benzene rings is 2. The minimum absolute atomic E-state index is 0.241. The highest BCUT2D eigenvalue weighted by atomic mass is 35.5. The number of nitrogens with zero attached hydrogens (tertiary/aromatic N) is 1. The van der Waals surface area contributed by atoms with Crippen LogP contribution in [0.5, 0.6) is 11.5 Å². The molecule has 0 fully saturated rings. The van der Waals surface area contributed by atoms with Crippen molar-refractivity contribution in [3.8, 4) is 28.3 Å². The summed E-state index contributed by atoms with van der Waals surface area (Å²) in [6, 6.07) is 10.3. The van der Waals surface area contributed by atoms with Crippen LogP contribution in [0.15, 0.2) is 53.5 Å². The van der Waals surface area contributed by atoms with Gasteiger partial charge in [0.05, 0.1) is 25.1 Å². The van der Waals surface area contributed by atoms with Crippen LogP contribution in [0.3, 0.4) is 0 Å². The van der Waals surface area contributed by atoms with Crippen LogP contribution in [0, 0.1) is 5.82 Å². The summed E-state index contributed by atoms with van der Waals surface area (Å²) in [5, 5.41) is 20.2. The fourth-order valence-corrected chi connectivity index (χ4v) is 3.02. The molecule has 0 bridgehead atoms. The molecule has 5 nitrogen and oxygen atoms in total. The van der Waals surface area contributed by atoms with Gasteiger partial charge in [0.15, 0.2) is 5.75 Å². The van der Waals surface area contributed by atoms with Crippen LogP contribution >= 0.6 is 11.6 Å². The van der Waals surface area contributed by atoms with Gasteiger partial charge in [-0.1, -0.05) is 11.6 Å². The zero-order valence-electron chi connectivity index (χ0n) is 14.6. The van der Waals surface area contributed by atoms with Gasteiger partial charge in [0, 0.05) is 27.9 Å². The second-order valence-corrected chi connectivity index (χ2v) is 6.44. The number of hydrogen-bond donors (Lipinski definition) is 2. The van der Waals surface area contributed by atoms with E-state index in [1.807, 2.05) is 0 Å². The molecule has 1 aromatic heterocycles. The van der Waals surface area contributed by atoms with Crippen molar-refractivity contribution in [2.24, 2.45) is 0 Å². The molecule has 0 aliphatic carbocycles. The fourth-order valence-electron chi connectivity index (χ4n) is 2.84. The van der Waals surface area contributed by atoms with E-state index in [9.17, 15) is 19.4 Å². The van der Waals surface area contributed by atoms with E-state index < -0.39 is 23.1 Å². The topological polar surface area (TPSA) is 71.7 Å². The van der Waals surface area contributed by atoms with Gasteiger partial charge in [-0.05, 0) is 43.3 Å². The maximum atomic E-state index is 14.4. The third-order valence-electron chi connectivity index (χ3n) is 4.17. The molecule has 1 unspecified atom stereocenters. The molecule has 1 atom stereocenters. The van der Waals surface area contributed by atoms with Crippen LogP contribution in [0.1, 0.15) is 18.7 Å². The number of aliphatic hydroxyl groups is 1. The lowest BCUT2D eigenvalue weighted by molar-refractivity contribution is 0.191. The summed E-state index contributed by atoms with van der Waals surface area (Å²) in [4.78, 5) is 11.7. The summed E-state index contributed by atoms with van der Waals surface area (Å²) in [6.45, 7) is 1.50. The summed E-state index contributed by atoms with van der Waals surface area (Å²) in [5.74, 6) is -0.525. The number of pyridine rings is 1. The van der Waals surface area contributed by atoms with E-state index in [2.05, 4.69) is 0 Å². The fraction of sp³-hybridized carbons (Fsp3) is 0.150. The Labute approximate surface area is 159 Å². The SMILES string of the molecule is COc1ccc(-n2cc(O)c(=O)cc2C(C)O)cc1-c1cc(Cl)ccc1F. The predicted molar refractivity (Wildman–Crippen MR) is 101 cm³/mol. The summed E-state index contributed by atoms with van der Waals surface area (Å²) < 4.78 is 21.2. The van der Waals surface area contributed by atoms with Gasteiger partial charge in [0.2, 0.25) is 5.43 Å². The Morgan fingerprint density at radius 3 is 2.56 bits per heavy atom. The number of methoxy groups -OCH3 is 1. The zero-order chi connectivity index (χ0) is 19.7. The Bertz CT molecular complexity index is 1060. The number of aromatic hydroxyl groups is 1. The highest BCUT2D eigenvalue weighted by Crippen LogP contribution is 2.35. The molecule has 140 valence electrons. The molecule has 2 N–H and O–H groups in total. The lowest BCUT2D eigenvalue weighted by Crippen LogP contribution is -2.13. The minimum atomic E-state index is -0.966. The van der Waals surface area contributed by atoms with Gasteiger partial charge >= 0.3 is 0 Å². The van der Waals surface area contributed by atoms with Crippen molar-refractivity contribution in [1.82, 2.24) is 4.57 Å². The van der Waals surface area contributed by atoms with Crippen molar-refractivity contribution >= 4 is 11.6 Å². The molecule has 7 heteroatoms. The molecule has 0 aliphatic heterocycles. The molecule has 0 aliphatic rings. The van der Waals surface area contributed by atoms with Crippen LogP contribution in [0.4, 0.5) is 4.39 Å². The monoisotopic (exact) mass is 389 g/mol. The molecule has 0 saturated carbocycles. The summed E-state index contributed by atoms with van der Waals surface area (Å²) in [7, 11) is 1.47. The van der Waals surface area contributed by atoms with E-state index in [1.165, 1.54) is 43.0 Å². The van der Waals surface area contributed by atoms with Crippen molar-refractivity contribution in [3.05, 3.63) is 75.4 Å². The molecule has 0 saturated heterocycles. The first-order chi connectivity index (χ1) is 12.8. The second kappa shape index (κ2) is 7.42. The molecule has 0 amide bonds. The molecule has 27 heavy (non-hydrogen) atoms. The number of aromatic nitrogens is 1. The normalized spacial score (nSPS) is 12.0. The molecular weight excluding hydrogens is 373 g/mol. The standard InChI is InChI=1S/C20H17ClFNO4/c1-11(24)17-9-18(25)19(26)10-23(17)13-4-6-20(27-2)15(8-13)14-7-12(21)3-5-16(14)22/h3-11,24,26H,1-2H3. The van der Waals surface area contributed by atoms with E-state index in [0.29, 0.717) is 22.0 Å². The maximum Gasteiger partial charge on any atom is 0.223 e. The largest absolute Gasteiger partial charge is 0.503 e. The molecule has 0 spiro atoms. The number of aliphatic hydroxyl groups excluding tert-OH is 1. The van der Waals surface area contributed by atoms with Crippen LogP contribution in [0.25, 0.3) is 16.8 Å². The second-order valence-electron chi connectivity index (χ2n) is 6.00. The van der Waals surface area contributed by atoms with Crippen LogP contribution < -0.4 is 10.2 Å². The number of hydrogen-bond acceptors (Lipinski definition) is 4. The maximum absolute atomic E-state index is 14.4. The Hall–Kier alpha value is -2.83. The number of halogens is 2. The smallest absolute Gasteiger partial charge is 0.223 e. The molecule has 3 rings (SSSR count). The van der Waals surface area contributed by atoms with E-state index >= 15 is 0 Å². The number of rotatable bonds is 4. The van der Waals surface area contributed by atoms with E-state index in [0.717, 1.165) is 6.07 Å². The first-order valence-corrected chi connectivity index (χ1v) is 8.47. The lowest BCUT2D eigenvalue weighted by atomic mass is 10.0. The first kappa shape index (κ1) is 18.9. The molecule has 0 radical (unpaired) electrons. The Balaban J connectivity index is 2.27. The quantitative estimate of drug-likeness (QED) is 0.705. The zero-order valence-corrected chi connectivity index (χ0v) is 15.4. The minimum Gasteiger partial charge on any atom is -0.503 e. The van der Waals surface area contributed by atoms with Gasteiger partial charge in [0.1, 0.15) is 11.6 Å². The third-order valence-corrected chi connectivity index (χ3v) is 4.40. The Morgan fingerprint density at radius 1 is 1.15 bits per heavy atom. The Morgan fingerprint density at radius 2 is 1.89 bits per heavy atom. The van der Waals surface area contributed by atoms with Crippen molar-refractivity contribution in [2.75, 3.05) is 7.11 Å². The highest BCUT2D eigenvalue weighted by Gasteiger charge is 2.16. The van der Waals surface area contributed by atoms with Gasteiger partial charge in [0.25, 0.3) is 0 Å². The molecule has 3 aromatic rings. The van der Waals surface area contributed by atoms with Crippen molar-refractivity contribution in [1.29, 1.82) is 0 Å². The van der Waals surface area contributed by atoms with E-state index in [-0.39, 0.29) is 11.3 Å². The van der Waals surface area contributed by atoms with Crippen LogP contribution in [0.2, 0.25) is 5.02 Å². The summed E-state index contributed by atoms with van der Waals surface area (Å²) >= 11 is 6.01. The molecular formula is C20H17ClFNO4. The molecule has 2 aromatic carbocycles. The summed E-state index contributed by atoms with van der Waals surface area (Å²) in [6.07, 6.45) is 0.247. The highest BCUT2D eigenvalue weighted by molar-refractivity contribution is 6.30. The van der Waals surface area contributed by atoms with Crippen molar-refractivity contribution < 1.29 is 19.3 Å². The van der Waals surface area contributed by atoms with Gasteiger partial charge in [-0.25, -0.2) is 4.39 Å². The number of ether oxygens (including phenoxy) is 1. The van der Waals surface area contributed by atoms with Crippen LogP contribution in [-0.2, 0) is 0 Å². The average molecular weight is 390 g/mol. The van der Waals surface area contributed by atoms with Crippen LogP contribution in [-0.4, -0.2) is 21.9 Å². The van der Waals surface area contributed by atoms with Crippen molar-refractivity contribution in [3.63, 3.8) is 0 Å². The molecule has 1 heterocycles.